The van der Waals surface area contributed by atoms with E-state index in [1.54, 1.807) is 0 Å². The third-order valence-electron chi connectivity index (χ3n) is 2.17. The van der Waals surface area contributed by atoms with Crippen molar-refractivity contribution in [3.05, 3.63) is 24.0 Å². The van der Waals surface area contributed by atoms with Gasteiger partial charge in [-0.2, -0.15) is 0 Å². The zero-order valence-corrected chi connectivity index (χ0v) is 10.0. The summed E-state index contributed by atoms with van der Waals surface area (Å²) in [5.74, 6) is 0.115. The van der Waals surface area contributed by atoms with Crippen LogP contribution in [-0.2, 0) is 18.3 Å². The predicted octanol–water partition coefficient (Wildman–Crippen LogP) is 1.87. The largest absolute Gasteiger partial charge is 0.354 e. The van der Waals surface area contributed by atoms with Crippen LogP contribution in [0.1, 0.15) is 32.9 Å². The molecule has 0 bridgehead atoms. The summed E-state index contributed by atoms with van der Waals surface area (Å²) >= 11 is 0. The molecule has 1 aromatic heterocycles. The smallest absolute Gasteiger partial charge is 0.220 e. The molecule has 0 aliphatic carbocycles. The van der Waals surface area contributed by atoms with E-state index in [1.165, 1.54) is 5.69 Å². The summed E-state index contributed by atoms with van der Waals surface area (Å²) in [5, 5.41) is 2.95. The number of aromatic nitrogens is 1. The topological polar surface area (TPSA) is 34.0 Å². The molecule has 1 heterocycles. The zero-order valence-electron chi connectivity index (χ0n) is 10.0. The first-order chi connectivity index (χ1) is 6.88. The lowest BCUT2D eigenvalue weighted by Crippen LogP contribution is -2.40. The summed E-state index contributed by atoms with van der Waals surface area (Å²) in [6.07, 6.45) is 3.34. The SMILES string of the molecule is Cn1cccc1CCC(=O)NC(C)(C)C. The van der Waals surface area contributed by atoms with E-state index in [2.05, 4.69) is 5.32 Å². The molecule has 3 heteroatoms. The number of hydrogen-bond donors (Lipinski definition) is 1. The normalized spacial score (nSPS) is 11.5. The van der Waals surface area contributed by atoms with E-state index in [1.807, 2.05) is 50.7 Å². The highest BCUT2D eigenvalue weighted by molar-refractivity contribution is 5.76. The van der Waals surface area contributed by atoms with E-state index in [-0.39, 0.29) is 11.4 Å². The van der Waals surface area contributed by atoms with Crippen molar-refractivity contribution in [1.29, 1.82) is 0 Å². The summed E-state index contributed by atoms with van der Waals surface area (Å²) in [5.41, 5.74) is 1.06. The van der Waals surface area contributed by atoms with Gasteiger partial charge in [0.05, 0.1) is 0 Å². The van der Waals surface area contributed by atoms with Crippen LogP contribution in [0.5, 0.6) is 0 Å². The second-order valence-corrected chi connectivity index (χ2v) is 4.91. The van der Waals surface area contributed by atoms with Crippen LogP contribution in [0, 0.1) is 0 Å². The van der Waals surface area contributed by atoms with Gasteiger partial charge in [0.15, 0.2) is 0 Å². The number of carbonyl (C=O) groups excluding carboxylic acids is 1. The number of nitrogens with zero attached hydrogens (tertiary/aromatic N) is 1. The minimum absolute atomic E-state index is 0.115. The first-order valence-electron chi connectivity index (χ1n) is 5.30. The monoisotopic (exact) mass is 208 g/mol. The van der Waals surface area contributed by atoms with Crippen LogP contribution in [0.3, 0.4) is 0 Å². The van der Waals surface area contributed by atoms with Gasteiger partial charge >= 0.3 is 0 Å². The summed E-state index contributed by atoms with van der Waals surface area (Å²) in [7, 11) is 2.00. The van der Waals surface area contributed by atoms with Crippen LogP contribution >= 0.6 is 0 Å². The number of nitrogens with one attached hydrogen (secondary N) is 1. The van der Waals surface area contributed by atoms with Crippen LogP contribution < -0.4 is 5.32 Å². The number of hydrogen-bond acceptors (Lipinski definition) is 1. The third-order valence-corrected chi connectivity index (χ3v) is 2.17. The summed E-state index contributed by atoms with van der Waals surface area (Å²) in [4.78, 5) is 11.5. The molecule has 0 fully saturated rings. The molecule has 0 unspecified atom stereocenters. The van der Waals surface area contributed by atoms with Crippen molar-refractivity contribution in [3.8, 4) is 0 Å². The molecular weight excluding hydrogens is 188 g/mol. The van der Waals surface area contributed by atoms with Gasteiger partial charge in [0.25, 0.3) is 0 Å². The molecule has 3 nitrogen and oxygen atoms in total. The number of amides is 1. The summed E-state index contributed by atoms with van der Waals surface area (Å²) in [6, 6.07) is 4.04. The molecule has 1 N–H and O–H groups in total. The van der Waals surface area contributed by atoms with Crippen molar-refractivity contribution in [2.24, 2.45) is 7.05 Å². The molecule has 0 aliphatic rings. The molecule has 84 valence electrons. The van der Waals surface area contributed by atoms with E-state index in [0.29, 0.717) is 6.42 Å². The molecule has 0 aromatic carbocycles. The van der Waals surface area contributed by atoms with Crippen molar-refractivity contribution < 1.29 is 4.79 Å². The van der Waals surface area contributed by atoms with Crippen molar-refractivity contribution in [3.63, 3.8) is 0 Å². The van der Waals surface area contributed by atoms with Gasteiger partial charge in [-0.25, -0.2) is 0 Å². The molecule has 1 aromatic rings. The Morgan fingerprint density at radius 3 is 2.60 bits per heavy atom. The lowest BCUT2D eigenvalue weighted by atomic mass is 10.1. The summed E-state index contributed by atoms with van der Waals surface area (Å²) in [6.45, 7) is 5.98. The highest BCUT2D eigenvalue weighted by Crippen LogP contribution is 2.05. The fourth-order valence-corrected chi connectivity index (χ4v) is 1.48. The number of aryl methyl sites for hydroxylation is 2. The Balaban J connectivity index is 2.38. The summed E-state index contributed by atoms with van der Waals surface area (Å²) < 4.78 is 2.05. The maximum absolute atomic E-state index is 11.5. The first kappa shape index (κ1) is 11.8. The minimum Gasteiger partial charge on any atom is -0.354 e. The average Bonchev–Trinajstić information content (AvgIpc) is 2.44. The van der Waals surface area contributed by atoms with Gasteiger partial charge in [0.2, 0.25) is 5.91 Å². The molecule has 0 saturated carbocycles. The standard InChI is InChI=1S/C12H20N2O/c1-12(2,3)13-11(15)8-7-10-6-5-9-14(10)4/h5-6,9H,7-8H2,1-4H3,(H,13,15). The Hall–Kier alpha value is -1.25. The van der Waals surface area contributed by atoms with Crippen LogP contribution in [0.2, 0.25) is 0 Å². The van der Waals surface area contributed by atoms with E-state index >= 15 is 0 Å². The van der Waals surface area contributed by atoms with Gasteiger partial charge in [-0.05, 0) is 39.3 Å². The zero-order chi connectivity index (χ0) is 11.5. The van der Waals surface area contributed by atoms with Crippen molar-refractivity contribution in [2.75, 3.05) is 0 Å². The van der Waals surface area contributed by atoms with E-state index in [0.717, 1.165) is 6.42 Å². The van der Waals surface area contributed by atoms with Gasteiger partial charge in [-0.15, -0.1) is 0 Å². The maximum atomic E-state index is 11.5. The van der Waals surface area contributed by atoms with E-state index in [9.17, 15) is 4.79 Å². The Morgan fingerprint density at radius 2 is 2.13 bits per heavy atom. The van der Waals surface area contributed by atoms with E-state index in [4.69, 9.17) is 0 Å². The molecular formula is C12H20N2O. The molecule has 1 amide bonds. The molecule has 15 heavy (non-hydrogen) atoms. The fraction of sp³-hybridized carbons (Fsp3) is 0.583. The quantitative estimate of drug-likeness (QED) is 0.808. The minimum atomic E-state index is -0.134. The Kier molecular flexibility index (Phi) is 3.56. The van der Waals surface area contributed by atoms with Gasteiger partial charge in [0, 0.05) is 30.9 Å². The second-order valence-electron chi connectivity index (χ2n) is 4.91. The van der Waals surface area contributed by atoms with Crippen LogP contribution in [-0.4, -0.2) is 16.0 Å². The van der Waals surface area contributed by atoms with E-state index < -0.39 is 0 Å². The molecule has 0 spiro atoms. The molecule has 0 atom stereocenters. The highest BCUT2D eigenvalue weighted by atomic mass is 16.1. The van der Waals surface area contributed by atoms with Crippen LogP contribution in [0.15, 0.2) is 18.3 Å². The average molecular weight is 208 g/mol. The van der Waals surface area contributed by atoms with Gasteiger partial charge in [-0.1, -0.05) is 0 Å². The molecule has 0 radical (unpaired) electrons. The molecule has 0 saturated heterocycles. The second kappa shape index (κ2) is 4.51. The van der Waals surface area contributed by atoms with Crippen molar-refractivity contribution in [1.82, 2.24) is 9.88 Å². The maximum Gasteiger partial charge on any atom is 0.220 e. The highest BCUT2D eigenvalue weighted by Gasteiger charge is 2.13. The number of carbonyl (C=O) groups is 1. The van der Waals surface area contributed by atoms with Gasteiger partial charge < -0.3 is 9.88 Å². The van der Waals surface area contributed by atoms with Gasteiger partial charge in [0.1, 0.15) is 0 Å². The van der Waals surface area contributed by atoms with Crippen LogP contribution in [0.25, 0.3) is 0 Å². The predicted molar refractivity (Wildman–Crippen MR) is 61.6 cm³/mol. The fourth-order valence-electron chi connectivity index (χ4n) is 1.48. The van der Waals surface area contributed by atoms with Crippen LogP contribution in [0.4, 0.5) is 0 Å². The lowest BCUT2D eigenvalue weighted by Gasteiger charge is -2.20. The Morgan fingerprint density at radius 1 is 1.47 bits per heavy atom. The molecule has 0 aliphatic heterocycles. The molecule has 1 rings (SSSR count). The Bertz CT molecular complexity index is 334. The Labute approximate surface area is 91.5 Å². The van der Waals surface area contributed by atoms with Gasteiger partial charge in [-0.3, -0.25) is 4.79 Å². The lowest BCUT2D eigenvalue weighted by molar-refractivity contribution is -0.122. The van der Waals surface area contributed by atoms with Crippen molar-refractivity contribution in [2.45, 2.75) is 39.2 Å². The number of rotatable bonds is 3. The first-order valence-corrected chi connectivity index (χ1v) is 5.30. The third kappa shape index (κ3) is 4.19. The van der Waals surface area contributed by atoms with Crippen molar-refractivity contribution >= 4 is 5.91 Å².